The van der Waals surface area contributed by atoms with Crippen molar-refractivity contribution >= 4 is 43.4 Å². The zero-order valence-electron chi connectivity index (χ0n) is 15.6. The van der Waals surface area contributed by atoms with Crippen molar-refractivity contribution in [3.05, 3.63) is 46.1 Å². The van der Waals surface area contributed by atoms with Crippen molar-refractivity contribution in [2.24, 2.45) is 0 Å². The zero-order chi connectivity index (χ0) is 21.8. The molecular formula is C17H18BrF3N2O4S2. The van der Waals surface area contributed by atoms with E-state index >= 15 is 0 Å². The smallest absolute Gasteiger partial charge is 0.404 e. The number of benzene rings is 1. The summed E-state index contributed by atoms with van der Waals surface area (Å²) in [5.74, 6) is -1.23. The Bertz CT molecular complexity index is 949. The maximum Gasteiger partial charge on any atom is 0.404 e. The number of nitrogens with zero attached hydrogens (tertiary/aromatic N) is 1. The van der Waals surface area contributed by atoms with Crippen molar-refractivity contribution in [3.8, 4) is 11.6 Å². The van der Waals surface area contributed by atoms with Crippen LogP contribution in [0, 0.1) is 0 Å². The van der Waals surface area contributed by atoms with Crippen molar-refractivity contribution in [3.63, 3.8) is 0 Å². The van der Waals surface area contributed by atoms with Crippen LogP contribution in [0.2, 0.25) is 0 Å². The molecule has 1 atom stereocenters. The molecule has 0 fully saturated rings. The molecule has 1 aromatic carbocycles. The van der Waals surface area contributed by atoms with Gasteiger partial charge in [-0.25, -0.2) is 13.4 Å². The Labute approximate surface area is 179 Å². The maximum absolute atomic E-state index is 12.6. The molecule has 0 bridgehead atoms. The first kappa shape index (κ1) is 23.6. The predicted molar refractivity (Wildman–Crippen MR) is 110 cm³/mol. The van der Waals surface area contributed by atoms with Crippen LogP contribution in [0.15, 0.2) is 34.8 Å². The van der Waals surface area contributed by atoms with Gasteiger partial charge in [0, 0.05) is 16.6 Å². The standard InChI is InChI=1S/C17H18BrF3N2O4S2/c1-26-10-7-13(22-14(8-10)27-2)16(28-3)11-5-4-6-12(18)15(11)23-29(24,25)9-17(19,20)21/h4-8,16,23H,9H2,1-3H3. The van der Waals surface area contributed by atoms with E-state index in [0.29, 0.717) is 21.5 Å². The number of pyridine rings is 1. The molecule has 1 unspecified atom stereocenters. The van der Waals surface area contributed by atoms with Gasteiger partial charge in [-0.15, -0.1) is 0 Å². The Morgan fingerprint density at radius 2 is 1.93 bits per heavy atom. The fourth-order valence-corrected chi connectivity index (χ4v) is 5.01. The summed E-state index contributed by atoms with van der Waals surface area (Å²) in [5, 5.41) is -0.514. The Kier molecular flexibility index (Phi) is 7.68. The molecule has 1 heterocycles. The lowest BCUT2D eigenvalue weighted by molar-refractivity contribution is -0.106. The van der Waals surface area contributed by atoms with E-state index in [2.05, 4.69) is 25.6 Å². The molecule has 0 saturated heterocycles. The number of hydrogen-bond acceptors (Lipinski definition) is 6. The predicted octanol–water partition coefficient (Wildman–Crippen LogP) is 4.62. The molecule has 160 valence electrons. The first-order valence-corrected chi connectivity index (χ1v) is 11.7. The lowest BCUT2D eigenvalue weighted by Crippen LogP contribution is -2.28. The molecule has 0 saturated carbocycles. The molecule has 1 aromatic heterocycles. The second kappa shape index (κ2) is 9.43. The van der Waals surface area contributed by atoms with E-state index in [-0.39, 0.29) is 11.6 Å². The number of halogens is 4. The average Bonchev–Trinajstić information content (AvgIpc) is 2.62. The van der Waals surface area contributed by atoms with Crippen LogP contribution in [0.25, 0.3) is 0 Å². The first-order valence-electron chi connectivity index (χ1n) is 7.98. The van der Waals surface area contributed by atoms with Gasteiger partial charge >= 0.3 is 6.18 Å². The molecule has 0 radical (unpaired) electrons. The van der Waals surface area contributed by atoms with Crippen LogP contribution >= 0.6 is 27.7 Å². The number of para-hydroxylation sites is 1. The molecule has 2 rings (SSSR count). The number of aromatic nitrogens is 1. The van der Waals surface area contributed by atoms with E-state index < -0.39 is 27.2 Å². The quantitative estimate of drug-likeness (QED) is 0.553. The van der Waals surface area contributed by atoms with Crippen LogP contribution in [-0.2, 0) is 10.0 Å². The molecule has 12 heteroatoms. The Hall–Kier alpha value is -1.66. The van der Waals surface area contributed by atoms with Gasteiger partial charge < -0.3 is 9.47 Å². The van der Waals surface area contributed by atoms with Crippen molar-refractivity contribution < 1.29 is 31.1 Å². The third kappa shape index (κ3) is 6.41. The highest BCUT2D eigenvalue weighted by Crippen LogP contribution is 2.42. The molecule has 0 spiro atoms. The van der Waals surface area contributed by atoms with Gasteiger partial charge in [0.2, 0.25) is 15.9 Å². The summed E-state index contributed by atoms with van der Waals surface area (Å²) in [5.41, 5.74) is 0.934. The molecule has 1 N–H and O–H groups in total. The number of thioether (sulfide) groups is 1. The first-order chi connectivity index (χ1) is 13.5. The topological polar surface area (TPSA) is 77.5 Å². The summed E-state index contributed by atoms with van der Waals surface area (Å²) in [7, 11) is -1.76. The van der Waals surface area contributed by atoms with Gasteiger partial charge in [0.15, 0.2) is 5.75 Å². The van der Waals surface area contributed by atoms with Gasteiger partial charge in [0.1, 0.15) is 5.75 Å². The molecule has 0 aliphatic heterocycles. The highest BCUT2D eigenvalue weighted by molar-refractivity contribution is 9.10. The SMILES string of the molecule is COc1cc(OC)nc(C(SC)c2cccc(Br)c2NS(=O)(=O)CC(F)(F)F)c1. The summed E-state index contributed by atoms with van der Waals surface area (Å²) in [6, 6.07) is 8.03. The second-order valence-corrected chi connectivity index (χ2v) is 9.29. The summed E-state index contributed by atoms with van der Waals surface area (Å²) < 4.78 is 74.8. The lowest BCUT2D eigenvalue weighted by Gasteiger charge is -2.21. The highest BCUT2D eigenvalue weighted by atomic mass is 79.9. The minimum atomic E-state index is -4.87. The fraction of sp³-hybridized carbons (Fsp3) is 0.353. The van der Waals surface area contributed by atoms with E-state index in [1.807, 2.05) is 0 Å². The van der Waals surface area contributed by atoms with E-state index in [1.54, 1.807) is 30.5 Å². The van der Waals surface area contributed by atoms with Gasteiger partial charge in [-0.3, -0.25) is 4.72 Å². The van der Waals surface area contributed by atoms with Crippen LogP contribution in [0.5, 0.6) is 11.6 Å². The molecular weight excluding hydrogens is 497 g/mol. The minimum Gasteiger partial charge on any atom is -0.496 e. The van der Waals surface area contributed by atoms with Gasteiger partial charge in [-0.2, -0.15) is 24.9 Å². The number of ether oxygens (including phenoxy) is 2. The van der Waals surface area contributed by atoms with Crippen LogP contribution in [0.1, 0.15) is 16.5 Å². The number of rotatable bonds is 8. The van der Waals surface area contributed by atoms with Crippen molar-refractivity contribution in [2.75, 3.05) is 31.0 Å². The highest BCUT2D eigenvalue weighted by Gasteiger charge is 2.36. The molecule has 0 aliphatic carbocycles. The van der Waals surface area contributed by atoms with Gasteiger partial charge in [0.05, 0.1) is 30.9 Å². The summed E-state index contributed by atoms with van der Waals surface area (Å²) in [6.07, 6.45) is -3.10. The molecule has 0 aliphatic rings. The number of methoxy groups -OCH3 is 2. The third-order valence-electron chi connectivity index (χ3n) is 3.68. The number of alkyl halides is 3. The Morgan fingerprint density at radius 1 is 1.24 bits per heavy atom. The molecule has 2 aromatic rings. The van der Waals surface area contributed by atoms with Crippen molar-refractivity contribution in [2.45, 2.75) is 11.4 Å². The summed E-state index contributed by atoms with van der Waals surface area (Å²) in [4.78, 5) is 4.38. The van der Waals surface area contributed by atoms with Crippen LogP contribution in [0.4, 0.5) is 18.9 Å². The van der Waals surface area contributed by atoms with Gasteiger partial charge in [0.25, 0.3) is 0 Å². The summed E-state index contributed by atoms with van der Waals surface area (Å²) >= 11 is 4.54. The van der Waals surface area contributed by atoms with Gasteiger partial charge in [-0.05, 0) is 33.8 Å². The largest absolute Gasteiger partial charge is 0.496 e. The second-order valence-electron chi connectivity index (χ2n) is 5.77. The third-order valence-corrected chi connectivity index (χ3v) is 6.53. The van der Waals surface area contributed by atoms with E-state index in [0.717, 1.165) is 0 Å². The normalized spacial score (nSPS) is 13.1. The fourth-order valence-electron chi connectivity index (χ4n) is 2.54. The monoisotopic (exact) mass is 514 g/mol. The minimum absolute atomic E-state index is 0.0136. The molecule has 0 amide bonds. The average molecular weight is 515 g/mol. The van der Waals surface area contributed by atoms with Crippen molar-refractivity contribution in [1.82, 2.24) is 4.98 Å². The lowest BCUT2D eigenvalue weighted by atomic mass is 10.1. The maximum atomic E-state index is 12.6. The van der Waals surface area contributed by atoms with E-state index in [1.165, 1.54) is 32.0 Å². The number of nitrogens with one attached hydrogen (secondary N) is 1. The number of anilines is 1. The Balaban J connectivity index is 2.55. The van der Waals surface area contributed by atoms with E-state index in [9.17, 15) is 21.6 Å². The zero-order valence-corrected chi connectivity index (χ0v) is 18.8. The van der Waals surface area contributed by atoms with Crippen LogP contribution in [-0.4, -0.2) is 45.8 Å². The number of sulfonamides is 1. The van der Waals surface area contributed by atoms with Crippen LogP contribution in [0.3, 0.4) is 0 Å². The van der Waals surface area contributed by atoms with Gasteiger partial charge in [-0.1, -0.05) is 12.1 Å². The Morgan fingerprint density at radius 3 is 2.48 bits per heavy atom. The van der Waals surface area contributed by atoms with Crippen molar-refractivity contribution in [1.29, 1.82) is 0 Å². The molecule has 6 nitrogen and oxygen atoms in total. The van der Waals surface area contributed by atoms with Crippen LogP contribution < -0.4 is 14.2 Å². The summed E-state index contributed by atoms with van der Waals surface area (Å²) in [6.45, 7) is 0. The molecule has 29 heavy (non-hydrogen) atoms. The van der Waals surface area contributed by atoms with E-state index in [4.69, 9.17) is 9.47 Å². The number of hydrogen-bond donors (Lipinski definition) is 1.